The van der Waals surface area contributed by atoms with Gasteiger partial charge in [0.2, 0.25) is 0 Å². The highest BCUT2D eigenvalue weighted by molar-refractivity contribution is 6.30. The van der Waals surface area contributed by atoms with Gasteiger partial charge in [0.05, 0.1) is 0 Å². The predicted octanol–water partition coefficient (Wildman–Crippen LogP) is 3.40. The molecule has 0 heterocycles. The van der Waals surface area contributed by atoms with Crippen molar-refractivity contribution in [2.24, 2.45) is 0 Å². The fraction of sp³-hybridized carbons (Fsp3) is 0.385. The number of nitrogens with one attached hydrogen (secondary N) is 1. The van der Waals surface area contributed by atoms with Crippen molar-refractivity contribution in [3.8, 4) is 12.3 Å². The van der Waals surface area contributed by atoms with Crippen molar-refractivity contribution >= 4 is 11.6 Å². The molecule has 1 aromatic carbocycles. The van der Waals surface area contributed by atoms with Crippen molar-refractivity contribution in [3.63, 3.8) is 0 Å². The van der Waals surface area contributed by atoms with Gasteiger partial charge in [0.1, 0.15) is 0 Å². The van der Waals surface area contributed by atoms with E-state index in [-0.39, 0.29) is 6.04 Å². The maximum atomic E-state index is 5.84. The molecule has 0 spiro atoms. The Hall–Kier alpha value is -0.970. The van der Waals surface area contributed by atoms with Crippen LogP contribution in [0.25, 0.3) is 0 Å². The zero-order chi connectivity index (χ0) is 11.1. The lowest BCUT2D eigenvalue weighted by atomic mass is 10.0. The molecule has 1 rings (SSSR count). The van der Waals surface area contributed by atoms with E-state index < -0.39 is 0 Å². The lowest BCUT2D eigenvalue weighted by molar-refractivity contribution is 0.542. The van der Waals surface area contributed by atoms with Crippen LogP contribution in [0.4, 0.5) is 0 Å². The average molecular weight is 222 g/mol. The predicted molar refractivity (Wildman–Crippen MR) is 65.9 cm³/mol. The van der Waals surface area contributed by atoms with Crippen molar-refractivity contribution in [2.75, 3.05) is 6.54 Å². The molecular formula is C13H16ClN. The fourth-order valence-corrected chi connectivity index (χ4v) is 1.57. The molecule has 0 amide bonds. The summed E-state index contributed by atoms with van der Waals surface area (Å²) in [6, 6.07) is 8.08. The third-order valence-corrected chi connectivity index (χ3v) is 2.49. The lowest BCUT2D eigenvalue weighted by Gasteiger charge is -2.16. The van der Waals surface area contributed by atoms with Gasteiger partial charge in [0, 0.05) is 17.5 Å². The van der Waals surface area contributed by atoms with Crippen molar-refractivity contribution in [3.05, 3.63) is 34.9 Å². The van der Waals surface area contributed by atoms with Crippen LogP contribution >= 0.6 is 11.6 Å². The van der Waals surface area contributed by atoms with Crippen molar-refractivity contribution in [2.45, 2.75) is 25.8 Å². The van der Waals surface area contributed by atoms with Crippen LogP contribution < -0.4 is 5.32 Å². The number of hydrogen-bond acceptors (Lipinski definition) is 1. The van der Waals surface area contributed by atoms with Crippen LogP contribution in [0.15, 0.2) is 24.3 Å². The van der Waals surface area contributed by atoms with E-state index in [4.69, 9.17) is 18.0 Å². The molecule has 0 radical (unpaired) electrons. The topological polar surface area (TPSA) is 12.0 Å². The minimum absolute atomic E-state index is 0.243. The van der Waals surface area contributed by atoms with Gasteiger partial charge in [-0.3, -0.25) is 0 Å². The summed E-state index contributed by atoms with van der Waals surface area (Å²) in [5, 5.41) is 4.18. The summed E-state index contributed by atoms with van der Waals surface area (Å²) in [5.41, 5.74) is 1.20. The molecule has 1 unspecified atom stereocenters. The Balaban J connectivity index is 2.70. The quantitative estimate of drug-likeness (QED) is 0.752. The number of hydrogen-bond donors (Lipinski definition) is 1. The molecule has 0 fully saturated rings. The highest BCUT2D eigenvalue weighted by atomic mass is 35.5. The lowest BCUT2D eigenvalue weighted by Crippen LogP contribution is -2.21. The molecule has 0 aliphatic heterocycles. The number of terminal acetylenes is 1. The first-order chi connectivity index (χ1) is 7.27. The zero-order valence-electron chi connectivity index (χ0n) is 8.96. The van der Waals surface area contributed by atoms with Gasteiger partial charge in [-0.1, -0.05) is 30.7 Å². The van der Waals surface area contributed by atoms with E-state index in [0.717, 1.165) is 18.0 Å². The zero-order valence-corrected chi connectivity index (χ0v) is 9.72. The second kappa shape index (κ2) is 6.50. The maximum absolute atomic E-state index is 5.84. The third-order valence-electron chi connectivity index (χ3n) is 2.24. The van der Waals surface area contributed by atoms with Crippen LogP contribution in [-0.2, 0) is 0 Å². The van der Waals surface area contributed by atoms with Crippen LogP contribution in [0, 0.1) is 12.3 Å². The van der Waals surface area contributed by atoms with Crippen molar-refractivity contribution < 1.29 is 0 Å². The summed E-state index contributed by atoms with van der Waals surface area (Å²) in [6.45, 7) is 3.12. The fourth-order valence-electron chi connectivity index (χ4n) is 1.44. The van der Waals surface area contributed by atoms with Gasteiger partial charge in [-0.05, 0) is 30.7 Å². The highest BCUT2D eigenvalue weighted by Crippen LogP contribution is 2.18. The first-order valence-electron chi connectivity index (χ1n) is 5.20. The molecule has 1 N–H and O–H groups in total. The normalized spacial score (nSPS) is 12.1. The Morgan fingerprint density at radius 1 is 1.40 bits per heavy atom. The Labute approximate surface area is 96.8 Å². The van der Waals surface area contributed by atoms with Gasteiger partial charge in [0.25, 0.3) is 0 Å². The highest BCUT2D eigenvalue weighted by Gasteiger charge is 2.08. The molecule has 80 valence electrons. The van der Waals surface area contributed by atoms with E-state index >= 15 is 0 Å². The Kier molecular flexibility index (Phi) is 5.25. The first kappa shape index (κ1) is 12.1. The second-order valence-corrected chi connectivity index (χ2v) is 3.90. The van der Waals surface area contributed by atoms with Crippen molar-refractivity contribution in [1.82, 2.24) is 5.32 Å². The van der Waals surface area contributed by atoms with Gasteiger partial charge >= 0.3 is 0 Å². The number of halogens is 1. The van der Waals surface area contributed by atoms with Crippen LogP contribution in [0.1, 0.15) is 31.4 Å². The largest absolute Gasteiger partial charge is 0.309 e. The molecule has 0 aromatic heterocycles. The molecule has 0 aliphatic carbocycles. The minimum Gasteiger partial charge on any atom is -0.309 e. The molecule has 0 aliphatic rings. The smallest absolute Gasteiger partial charge is 0.0430 e. The van der Waals surface area contributed by atoms with Gasteiger partial charge in [-0.2, -0.15) is 0 Å². The number of benzene rings is 1. The Bertz CT molecular complexity index is 323. The molecule has 15 heavy (non-hydrogen) atoms. The Morgan fingerprint density at radius 2 is 2.07 bits per heavy atom. The summed E-state index contributed by atoms with van der Waals surface area (Å²) in [6.07, 6.45) is 7.17. The van der Waals surface area contributed by atoms with Gasteiger partial charge < -0.3 is 5.32 Å². The summed E-state index contributed by atoms with van der Waals surface area (Å²) >= 11 is 5.84. The van der Waals surface area contributed by atoms with E-state index in [0.29, 0.717) is 6.42 Å². The monoisotopic (exact) mass is 221 g/mol. The summed E-state index contributed by atoms with van der Waals surface area (Å²) < 4.78 is 0. The molecule has 0 bridgehead atoms. The van der Waals surface area contributed by atoms with E-state index in [1.54, 1.807) is 0 Å². The number of rotatable bonds is 5. The summed E-state index contributed by atoms with van der Waals surface area (Å²) in [5.74, 6) is 2.69. The van der Waals surface area contributed by atoms with Gasteiger partial charge in [-0.25, -0.2) is 0 Å². The van der Waals surface area contributed by atoms with Crippen LogP contribution in [0.5, 0.6) is 0 Å². The third kappa shape index (κ3) is 3.95. The van der Waals surface area contributed by atoms with E-state index in [1.807, 2.05) is 24.3 Å². The molecule has 0 saturated carbocycles. The first-order valence-corrected chi connectivity index (χ1v) is 5.58. The second-order valence-electron chi connectivity index (χ2n) is 3.47. The molecule has 2 heteroatoms. The van der Waals surface area contributed by atoms with Gasteiger partial charge in [0.15, 0.2) is 0 Å². The maximum Gasteiger partial charge on any atom is 0.0430 e. The van der Waals surface area contributed by atoms with Crippen molar-refractivity contribution in [1.29, 1.82) is 0 Å². The minimum atomic E-state index is 0.243. The summed E-state index contributed by atoms with van der Waals surface area (Å²) in [4.78, 5) is 0. The van der Waals surface area contributed by atoms with E-state index in [2.05, 4.69) is 18.2 Å². The van der Waals surface area contributed by atoms with Crippen LogP contribution in [0.2, 0.25) is 5.02 Å². The average Bonchev–Trinajstić information content (AvgIpc) is 2.25. The summed E-state index contributed by atoms with van der Waals surface area (Å²) in [7, 11) is 0. The molecule has 1 atom stereocenters. The van der Waals surface area contributed by atoms with Crippen LogP contribution in [0.3, 0.4) is 0 Å². The molecule has 1 nitrogen and oxygen atoms in total. The molecule has 0 saturated heterocycles. The molecule has 1 aromatic rings. The Morgan fingerprint density at radius 3 is 2.60 bits per heavy atom. The SMILES string of the molecule is C#CCC(NCCC)c1ccc(Cl)cc1. The standard InChI is InChI=1S/C13H16ClN/c1-3-5-13(15-10-4-2)11-6-8-12(14)9-7-11/h1,6-9,13,15H,4-5,10H2,2H3. The van der Waals surface area contributed by atoms with E-state index in [9.17, 15) is 0 Å². The molecular weight excluding hydrogens is 206 g/mol. The van der Waals surface area contributed by atoms with E-state index in [1.165, 1.54) is 5.56 Å². The van der Waals surface area contributed by atoms with Crippen LogP contribution in [-0.4, -0.2) is 6.54 Å². The van der Waals surface area contributed by atoms with Gasteiger partial charge in [-0.15, -0.1) is 12.3 Å².